The van der Waals surface area contributed by atoms with Crippen molar-refractivity contribution in [2.75, 3.05) is 40.4 Å². The molecule has 134 valence electrons. The maximum atomic E-state index is 5.83. The van der Waals surface area contributed by atoms with Crippen molar-refractivity contribution in [3.05, 3.63) is 54.4 Å². The Morgan fingerprint density at radius 3 is 2.72 bits per heavy atom. The fourth-order valence-electron chi connectivity index (χ4n) is 2.27. The Kier molecular flexibility index (Phi) is 7.56. The van der Waals surface area contributed by atoms with Gasteiger partial charge >= 0.3 is 0 Å². The number of hydrogen-bond donors (Lipinski definition) is 1. The number of aromatic nitrogens is 1. The Hall–Kier alpha value is -2.76. The van der Waals surface area contributed by atoms with Crippen LogP contribution in [0.4, 0.5) is 0 Å². The van der Waals surface area contributed by atoms with Crippen molar-refractivity contribution in [1.29, 1.82) is 0 Å². The molecule has 0 aliphatic heterocycles. The second-order valence-electron chi connectivity index (χ2n) is 5.55. The molecule has 0 unspecified atom stereocenters. The van der Waals surface area contributed by atoms with Gasteiger partial charge in [0.2, 0.25) is 0 Å². The molecule has 0 aliphatic rings. The number of para-hydroxylation sites is 1. The summed E-state index contributed by atoms with van der Waals surface area (Å²) in [7, 11) is 3.75. The summed E-state index contributed by atoms with van der Waals surface area (Å²) in [4.78, 5) is 10.3. The molecular weight excluding hydrogens is 316 g/mol. The maximum Gasteiger partial charge on any atom is 0.193 e. The van der Waals surface area contributed by atoms with Gasteiger partial charge in [0.05, 0.1) is 19.3 Å². The lowest BCUT2D eigenvalue weighted by Gasteiger charge is -2.22. The molecular formula is C19H26N4O2. The van der Waals surface area contributed by atoms with Gasteiger partial charge in [0.1, 0.15) is 24.7 Å². The van der Waals surface area contributed by atoms with Crippen LogP contribution in [0.3, 0.4) is 0 Å². The predicted molar refractivity (Wildman–Crippen MR) is 100 cm³/mol. The lowest BCUT2D eigenvalue weighted by atomic mass is 10.2. The van der Waals surface area contributed by atoms with E-state index in [0.29, 0.717) is 19.8 Å². The van der Waals surface area contributed by atoms with Crippen LogP contribution in [0.2, 0.25) is 0 Å². The zero-order chi connectivity index (χ0) is 17.9. The first kappa shape index (κ1) is 18.6. The molecule has 1 aromatic heterocycles. The second-order valence-corrected chi connectivity index (χ2v) is 5.55. The molecule has 0 bridgehead atoms. The molecule has 0 atom stereocenters. The van der Waals surface area contributed by atoms with Crippen molar-refractivity contribution in [2.24, 2.45) is 4.99 Å². The molecule has 6 nitrogen and oxygen atoms in total. The Bertz CT molecular complexity index is 661. The summed E-state index contributed by atoms with van der Waals surface area (Å²) in [6, 6.07) is 11.8. The number of guanidine groups is 1. The van der Waals surface area contributed by atoms with Crippen LogP contribution in [0.1, 0.15) is 5.56 Å². The summed E-state index contributed by atoms with van der Waals surface area (Å²) >= 11 is 0. The van der Waals surface area contributed by atoms with Crippen LogP contribution in [-0.4, -0.2) is 56.2 Å². The lowest BCUT2D eigenvalue weighted by molar-refractivity contribution is 0.277. The van der Waals surface area contributed by atoms with Crippen LogP contribution < -0.4 is 14.8 Å². The monoisotopic (exact) mass is 342 g/mol. The van der Waals surface area contributed by atoms with Crippen molar-refractivity contribution >= 4 is 5.96 Å². The Morgan fingerprint density at radius 2 is 2.00 bits per heavy atom. The largest absolute Gasteiger partial charge is 0.491 e. The van der Waals surface area contributed by atoms with Crippen LogP contribution in [0.15, 0.2) is 53.8 Å². The Labute approximate surface area is 149 Å². The number of pyridine rings is 1. The second kappa shape index (κ2) is 10.2. The fraction of sp³-hybridized carbons (Fsp3) is 0.368. The van der Waals surface area contributed by atoms with Gasteiger partial charge in [-0.05, 0) is 30.7 Å². The molecule has 1 aromatic carbocycles. The van der Waals surface area contributed by atoms with Crippen molar-refractivity contribution in [2.45, 2.75) is 6.92 Å². The summed E-state index contributed by atoms with van der Waals surface area (Å²) in [6.45, 7) is 4.57. The molecule has 0 aliphatic carbocycles. The third-order valence-electron chi connectivity index (χ3n) is 3.64. The summed E-state index contributed by atoms with van der Waals surface area (Å²) in [6.07, 6.45) is 3.42. The van der Waals surface area contributed by atoms with Crippen molar-refractivity contribution in [3.8, 4) is 11.5 Å². The standard InChI is InChI=1S/C19H26N4O2/c1-16-7-4-5-9-18(16)25-14-12-23(3)19(20-2)22-11-13-24-17-8-6-10-21-15-17/h4-10,15H,11-14H2,1-3H3,(H,20,22). The van der Waals surface area contributed by atoms with E-state index in [0.717, 1.165) is 29.6 Å². The van der Waals surface area contributed by atoms with Gasteiger partial charge in [-0.25, -0.2) is 0 Å². The predicted octanol–water partition coefficient (Wildman–Crippen LogP) is 2.36. The third-order valence-corrected chi connectivity index (χ3v) is 3.64. The van der Waals surface area contributed by atoms with Crippen LogP contribution in [-0.2, 0) is 0 Å². The smallest absolute Gasteiger partial charge is 0.193 e. The molecule has 6 heteroatoms. The zero-order valence-electron chi connectivity index (χ0n) is 15.1. The van der Waals surface area contributed by atoms with Gasteiger partial charge in [-0.1, -0.05) is 18.2 Å². The average molecular weight is 342 g/mol. The number of likely N-dealkylation sites (N-methyl/N-ethyl adjacent to an activating group) is 1. The van der Waals surface area contributed by atoms with Gasteiger partial charge in [0.15, 0.2) is 5.96 Å². The van der Waals surface area contributed by atoms with E-state index in [9.17, 15) is 0 Å². The van der Waals surface area contributed by atoms with E-state index in [2.05, 4.69) is 15.3 Å². The molecule has 0 saturated heterocycles. The van der Waals surface area contributed by atoms with E-state index in [-0.39, 0.29) is 0 Å². The van der Waals surface area contributed by atoms with Crippen molar-refractivity contribution < 1.29 is 9.47 Å². The number of aliphatic imine (C=N–C) groups is 1. The van der Waals surface area contributed by atoms with Gasteiger partial charge in [0.25, 0.3) is 0 Å². The van der Waals surface area contributed by atoms with E-state index in [1.54, 1.807) is 19.4 Å². The molecule has 1 N–H and O–H groups in total. The summed E-state index contributed by atoms with van der Waals surface area (Å²) in [5.74, 6) is 2.49. The van der Waals surface area contributed by atoms with Gasteiger partial charge in [-0.3, -0.25) is 9.98 Å². The first-order valence-corrected chi connectivity index (χ1v) is 8.33. The molecule has 0 amide bonds. The molecule has 0 saturated carbocycles. The minimum Gasteiger partial charge on any atom is -0.491 e. The Morgan fingerprint density at radius 1 is 1.16 bits per heavy atom. The molecule has 2 rings (SSSR count). The normalized spacial score (nSPS) is 11.1. The van der Waals surface area contributed by atoms with E-state index in [1.807, 2.05) is 55.3 Å². The number of benzene rings is 1. The molecule has 0 fully saturated rings. The molecule has 25 heavy (non-hydrogen) atoms. The minimum atomic E-state index is 0.540. The van der Waals surface area contributed by atoms with Crippen LogP contribution in [0.5, 0.6) is 11.5 Å². The average Bonchev–Trinajstić information content (AvgIpc) is 2.64. The van der Waals surface area contributed by atoms with E-state index in [4.69, 9.17) is 9.47 Å². The van der Waals surface area contributed by atoms with Gasteiger partial charge < -0.3 is 19.7 Å². The highest BCUT2D eigenvalue weighted by Gasteiger charge is 2.06. The summed E-state index contributed by atoms with van der Waals surface area (Å²) in [5.41, 5.74) is 1.14. The molecule has 2 aromatic rings. The first-order chi connectivity index (χ1) is 12.2. The lowest BCUT2D eigenvalue weighted by Crippen LogP contribution is -2.42. The maximum absolute atomic E-state index is 5.83. The third kappa shape index (κ3) is 6.33. The summed E-state index contributed by atoms with van der Waals surface area (Å²) < 4.78 is 11.4. The van der Waals surface area contributed by atoms with E-state index in [1.165, 1.54) is 0 Å². The fourth-order valence-corrected chi connectivity index (χ4v) is 2.27. The highest BCUT2D eigenvalue weighted by Crippen LogP contribution is 2.15. The minimum absolute atomic E-state index is 0.540. The van der Waals surface area contributed by atoms with Crippen molar-refractivity contribution in [1.82, 2.24) is 15.2 Å². The number of nitrogens with zero attached hydrogens (tertiary/aromatic N) is 3. The topological polar surface area (TPSA) is 59.0 Å². The van der Waals surface area contributed by atoms with E-state index >= 15 is 0 Å². The Balaban J connectivity index is 1.68. The SMILES string of the molecule is CN=C(NCCOc1cccnc1)N(C)CCOc1ccccc1C. The van der Waals surface area contributed by atoms with Gasteiger partial charge in [0, 0.05) is 20.3 Å². The highest BCUT2D eigenvalue weighted by atomic mass is 16.5. The number of ether oxygens (including phenoxy) is 2. The highest BCUT2D eigenvalue weighted by molar-refractivity contribution is 5.79. The number of rotatable bonds is 8. The van der Waals surface area contributed by atoms with Crippen LogP contribution in [0, 0.1) is 6.92 Å². The number of aryl methyl sites for hydroxylation is 1. The number of nitrogens with one attached hydrogen (secondary N) is 1. The van der Waals surface area contributed by atoms with Gasteiger partial charge in [-0.2, -0.15) is 0 Å². The first-order valence-electron chi connectivity index (χ1n) is 8.33. The molecule has 1 heterocycles. The van der Waals surface area contributed by atoms with Crippen molar-refractivity contribution in [3.63, 3.8) is 0 Å². The quantitative estimate of drug-likeness (QED) is 0.453. The summed E-state index contributed by atoms with van der Waals surface area (Å²) in [5, 5.41) is 3.27. The zero-order valence-corrected chi connectivity index (χ0v) is 15.1. The molecule has 0 radical (unpaired) electrons. The number of hydrogen-bond acceptors (Lipinski definition) is 4. The van der Waals surface area contributed by atoms with Crippen LogP contribution >= 0.6 is 0 Å². The van der Waals surface area contributed by atoms with Gasteiger partial charge in [-0.15, -0.1) is 0 Å². The van der Waals surface area contributed by atoms with Crippen LogP contribution in [0.25, 0.3) is 0 Å². The van der Waals surface area contributed by atoms with E-state index < -0.39 is 0 Å². The molecule has 0 spiro atoms.